The predicted octanol–water partition coefficient (Wildman–Crippen LogP) is 5.51. The summed E-state index contributed by atoms with van der Waals surface area (Å²) in [5.74, 6) is 1.23. The molecule has 5 atom stereocenters. The van der Waals surface area contributed by atoms with Crippen LogP contribution in [0.2, 0.25) is 0 Å². The number of aromatic hydroxyl groups is 1. The molecule has 2 saturated carbocycles. The zero-order valence-electron chi connectivity index (χ0n) is 23.8. The van der Waals surface area contributed by atoms with Gasteiger partial charge in [-0.15, -0.1) is 0 Å². The van der Waals surface area contributed by atoms with Crippen molar-refractivity contribution in [2.45, 2.75) is 67.7 Å². The molecule has 5 aliphatic rings. The molecule has 2 aliphatic heterocycles. The summed E-state index contributed by atoms with van der Waals surface area (Å²) in [5, 5.41) is 32.3. The summed E-state index contributed by atoms with van der Waals surface area (Å²) in [4.78, 5) is 18.3. The molecule has 8 heteroatoms. The van der Waals surface area contributed by atoms with Crippen LogP contribution in [0.4, 0.5) is 11.4 Å². The highest BCUT2D eigenvalue weighted by atomic mass is 16.5. The van der Waals surface area contributed by atoms with Crippen molar-refractivity contribution in [3.05, 3.63) is 83.4 Å². The van der Waals surface area contributed by atoms with Gasteiger partial charge in [-0.25, -0.2) is 0 Å². The number of likely N-dealkylation sites (tertiary alicyclic amines) is 1. The number of nitrogens with zero attached hydrogens (tertiary/aromatic N) is 4. The third-order valence-electron chi connectivity index (χ3n) is 10.7. The van der Waals surface area contributed by atoms with E-state index >= 15 is 0 Å². The molecule has 8 nitrogen and oxygen atoms in total. The average Bonchev–Trinajstić information content (AvgIpc) is 3.76. The zero-order valence-corrected chi connectivity index (χ0v) is 23.8. The summed E-state index contributed by atoms with van der Waals surface area (Å²) in [6.45, 7) is 1.92. The van der Waals surface area contributed by atoms with Gasteiger partial charge in [0.2, 0.25) is 0 Å². The molecule has 3 aliphatic carbocycles. The number of phenolic OH excluding ortho intramolecular Hbond substituents is 1. The van der Waals surface area contributed by atoms with Crippen LogP contribution in [0, 0.1) is 5.92 Å². The Bertz CT molecular complexity index is 1590. The van der Waals surface area contributed by atoms with Gasteiger partial charge < -0.3 is 19.8 Å². The molecule has 3 fully saturated rings. The minimum absolute atomic E-state index is 0.00885. The van der Waals surface area contributed by atoms with Crippen molar-refractivity contribution < 1.29 is 19.7 Å². The number of rotatable bonds is 6. The Hall–Kier alpha value is -3.75. The van der Waals surface area contributed by atoms with Gasteiger partial charge in [-0.2, -0.15) is 10.2 Å². The second-order valence-corrected chi connectivity index (χ2v) is 12.9. The maximum Gasteiger partial charge on any atom is 0.254 e. The van der Waals surface area contributed by atoms with Gasteiger partial charge in [0.1, 0.15) is 6.10 Å². The van der Waals surface area contributed by atoms with Crippen molar-refractivity contribution in [2.24, 2.45) is 16.1 Å². The first kappa shape index (κ1) is 25.9. The van der Waals surface area contributed by atoms with Crippen molar-refractivity contribution in [2.75, 3.05) is 20.1 Å². The Morgan fingerprint density at radius 3 is 2.62 bits per heavy atom. The first-order valence-corrected chi connectivity index (χ1v) is 15.2. The number of benzene rings is 3. The van der Waals surface area contributed by atoms with Crippen LogP contribution in [-0.4, -0.2) is 69.8 Å². The van der Waals surface area contributed by atoms with E-state index in [0.29, 0.717) is 29.8 Å². The number of likely N-dealkylation sites (N-methyl/N-ethyl adjacent to an activating group) is 1. The second-order valence-electron chi connectivity index (χ2n) is 12.9. The van der Waals surface area contributed by atoms with E-state index in [4.69, 9.17) is 4.74 Å². The van der Waals surface area contributed by atoms with Gasteiger partial charge in [0.15, 0.2) is 11.5 Å². The van der Waals surface area contributed by atoms with E-state index in [1.807, 2.05) is 55.6 Å². The molecule has 1 spiro atoms. The number of hydrogen-bond donors (Lipinski definition) is 2. The van der Waals surface area contributed by atoms with Crippen LogP contribution in [0.1, 0.15) is 53.6 Å². The highest BCUT2D eigenvalue weighted by molar-refractivity contribution is 5.95. The van der Waals surface area contributed by atoms with Crippen LogP contribution in [0.5, 0.6) is 11.5 Å². The fourth-order valence-corrected chi connectivity index (χ4v) is 8.52. The van der Waals surface area contributed by atoms with Gasteiger partial charge in [0, 0.05) is 30.8 Å². The highest BCUT2D eigenvalue weighted by Gasteiger charge is 2.73. The lowest BCUT2D eigenvalue weighted by Crippen LogP contribution is -2.78. The monoisotopic (exact) mass is 564 g/mol. The molecular weight excluding hydrogens is 528 g/mol. The molecule has 2 N–H and O–H groups in total. The fourth-order valence-electron chi connectivity index (χ4n) is 8.52. The van der Waals surface area contributed by atoms with Crippen LogP contribution in [-0.2, 0) is 11.8 Å². The van der Waals surface area contributed by atoms with Gasteiger partial charge in [0.05, 0.1) is 28.4 Å². The minimum Gasteiger partial charge on any atom is -0.504 e. The van der Waals surface area contributed by atoms with Crippen molar-refractivity contribution in [1.29, 1.82) is 0 Å². The molecule has 3 aromatic carbocycles. The molecule has 1 saturated heterocycles. The number of carbonyl (C=O) groups is 1. The lowest BCUT2D eigenvalue weighted by Gasteiger charge is -2.64. The molecule has 42 heavy (non-hydrogen) atoms. The van der Waals surface area contributed by atoms with E-state index in [9.17, 15) is 15.0 Å². The molecule has 3 aromatic rings. The average molecular weight is 565 g/mol. The summed E-state index contributed by atoms with van der Waals surface area (Å²) in [6.07, 6.45) is 4.81. The molecule has 0 unspecified atom stereocenters. The quantitative estimate of drug-likeness (QED) is 0.385. The van der Waals surface area contributed by atoms with Crippen molar-refractivity contribution in [3.63, 3.8) is 0 Å². The second kappa shape index (κ2) is 9.38. The first-order chi connectivity index (χ1) is 20.4. The van der Waals surface area contributed by atoms with Crippen LogP contribution in [0.25, 0.3) is 0 Å². The Morgan fingerprint density at radius 1 is 1.02 bits per heavy atom. The summed E-state index contributed by atoms with van der Waals surface area (Å²) < 4.78 is 6.68. The van der Waals surface area contributed by atoms with Gasteiger partial charge in [-0.3, -0.25) is 9.69 Å². The predicted molar refractivity (Wildman–Crippen MR) is 158 cm³/mol. The minimum atomic E-state index is -0.977. The number of piperidine rings is 1. The number of azo groups is 1. The topological polar surface area (TPSA) is 98.0 Å². The number of hydrogen-bond acceptors (Lipinski definition) is 7. The molecule has 2 bridgehead atoms. The molecule has 216 valence electrons. The van der Waals surface area contributed by atoms with Gasteiger partial charge >= 0.3 is 0 Å². The molecule has 2 heterocycles. The van der Waals surface area contributed by atoms with Crippen LogP contribution in [0.3, 0.4) is 0 Å². The smallest absolute Gasteiger partial charge is 0.254 e. The Kier molecular flexibility index (Phi) is 5.79. The fraction of sp³-hybridized carbons (Fsp3) is 0.441. The lowest BCUT2D eigenvalue weighted by atomic mass is 9.48. The molecule has 8 rings (SSSR count). The zero-order chi connectivity index (χ0) is 28.6. The third-order valence-corrected chi connectivity index (χ3v) is 10.7. The van der Waals surface area contributed by atoms with Gasteiger partial charge in [-0.1, -0.05) is 30.3 Å². The number of aliphatic hydroxyl groups is 1. The summed E-state index contributed by atoms with van der Waals surface area (Å²) >= 11 is 0. The Balaban J connectivity index is 1.12. The molecule has 1 amide bonds. The standard InChI is InChI=1S/C34H36N4O4/c1-37(32(40)23-6-5-9-25(18-23)36-35-24-7-3-2-4-8-24)26-14-15-34(41)28-19-22-12-13-27(39)30-29(22)33(34,31(26)42-30)16-17-38(28)20-21-10-11-21/h2-9,12-13,18,21,26,28,31,39,41H,10-11,14-17,19-20H2,1H3/t26-,28-,31+,33+,34-/m1/s1. The normalized spacial score (nSPS) is 31.0. The van der Waals surface area contributed by atoms with E-state index in [0.717, 1.165) is 48.7 Å². The molecule has 0 aromatic heterocycles. The molecular formula is C34H36N4O4. The maximum absolute atomic E-state index is 14.0. The molecule has 0 radical (unpaired) electrons. The van der Waals surface area contributed by atoms with Crippen molar-refractivity contribution >= 4 is 17.3 Å². The van der Waals surface area contributed by atoms with E-state index in [-0.39, 0.29) is 23.7 Å². The van der Waals surface area contributed by atoms with Crippen LogP contribution < -0.4 is 4.74 Å². The number of carbonyl (C=O) groups excluding carboxylic acids is 1. The highest BCUT2D eigenvalue weighted by Crippen LogP contribution is 2.66. The van der Waals surface area contributed by atoms with E-state index in [1.54, 1.807) is 23.1 Å². The van der Waals surface area contributed by atoms with E-state index in [2.05, 4.69) is 15.1 Å². The summed E-state index contributed by atoms with van der Waals surface area (Å²) in [7, 11) is 1.84. The summed E-state index contributed by atoms with van der Waals surface area (Å²) in [6, 6.07) is 20.2. The number of amides is 1. The Labute approximate surface area is 245 Å². The van der Waals surface area contributed by atoms with Gasteiger partial charge in [0.25, 0.3) is 5.91 Å². The maximum atomic E-state index is 14.0. The summed E-state index contributed by atoms with van der Waals surface area (Å²) in [5.41, 5.74) is 2.37. The van der Waals surface area contributed by atoms with Crippen molar-refractivity contribution in [1.82, 2.24) is 9.80 Å². The first-order valence-electron chi connectivity index (χ1n) is 15.2. The third kappa shape index (κ3) is 3.71. The van der Waals surface area contributed by atoms with Crippen molar-refractivity contribution in [3.8, 4) is 11.5 Å². The SMILES string of the molecule is CN(C(=O)c1cccc(N=Nc2ccccc2)c1)[C@@H]1CC[C@@]2(O)[C@H]3Cc4ccc(O)c5c4[C@@]2(CCN3CC2CC2)[C@H]1O5. The van der Waals surface area contributed by atoms with E-state index < -0.39 is 17.1 Å². The largest absolute Gasteiger partial charge is 0.504 e. The lowest BCUT2D eigenvalue weighted by molar-refractivity contribution is -0.197. The Morgan fingerprint density at radius 2 is 1.81 bits per heavy atom. The van der Waals surface area contributed by atoms with E-state index in [1.165, 1.54) is 12.8 Å². The number of ether oxygens (including phenoxy) is 1. The number of phenols is 1. The van der Waals surface area contributed by atoms with Crippen LogP contribution in [0.15, 0.2) is 77.0 Å². The van der Waals surface area contributed by atoms with Crippen LogP contribution >= 0.6 is 0 Å². The van der Waals surface area contributed by atoms with Gasteiger partial charge in [-0.05, 0) is 92.9 Å².